The van der Waals surface area contributed by atoms with Gasteiger partial charge in [-0.1, -0.05) is 60.7 Å². The van der Waals surface area contributed by atoms with Crippen LogP contribution in [-0.4, -0.2) is 9.97 Å². The molecule has 5 heteroatoms. The molecule has 0 bridgehead atoms. The summed E-state index contributed by atoms with van der Waals surface area (Å²) in [6.45, 7) is 0. The predicted molar refractivity (Wildman–Crippen MR) is 145 cm³/mol. The Balaban J connectivity index is 1.74. The summed E-state index contributed by atoms with van der Waals surface area (Å²) in [6, 6.07) is 35.4. The second-order valence-electron chi connectivity index (χ2n) is 7.77. The molecular weight excluding hydrogens is 538 g/mol. The van der Waals surface area contributed by atoms with E-state index in [0.29, 0.717) is 0 Å². The van der Waals surface area contributed by atoms with Crippen molar-refractivity contribution in [2.45, 2.75) is 0 Å². The zero-order chi connectivity index (χ0) is 22.4. The molecule has 0 unspecified atom stereocenters. The highest BCUT2D eigenvalue weighted by Crippen LogP contribution is 2.41. The second-order valence-corrected chi connectivity index (χ2v) is 9.47. The number of benzene rings is 5. The molecule has 0 fully saturated rings. The van der Waals surface area contributed by atoms with Crippen LogP contribution in [0.15, 0.2) is 112 Å². The van der Waals surface area contributed by atoms with Crippen LogP contribution in [0.3, 0.4) is 0 Å². The smallest absolute Gasteiger partial charge is 0.105 e. The first-order valence-electron chi connectivity index (χ1n) is 10.6. The van der Waals surface area contributed by atoms with Gasteiger partial charge in [0.1, 0.15) is 11.0 Å². The highest BCUT2D eigenvalue weighted by atomic mass is 79.9. The van der Waals surface area contributed by atoms with Crippen LogP contribution in [0.25, 0.3) is 32.8 Å². The number of hydrogen-bond acceptors (Lipinski definition) is 3. The molecule has 0 amide bonds. The topological polar surface area (TPSA) is 29.0 Å². The monoisotopic (exact) mass is 553 g/mol. The number of aromatic nitrogens is 2. The van der Waals surface area contributed by atoms with E-state index >= 15 is 0 Å². The number of hydrogen-bond donors (Lipinski definition) is 0. The fraction of sp³-hybridized carbons (Fsp3) is 0. The van der Waals surface area contributed by atoms with E-state index in [2.05, 4.69) is 116 Å². The lowest BCUT2D eigenvalue weighted by molar-refractivity contribution is 1.29. The molecule has 0 saturated heterocycles. The lowest BCUT2D eigenvalue weighted by Crippen LogP contribution is -2.10. The maximum atomic E-state index is 5.05. The summed E-state index contributed by atoms with van der Waals surface area (Å²) in [5, 5.41) is 2.20. The van der Waals surface area contributed by atoms with E-state index in [0.717, 1.165) is 58.8 Å². The summed E-state index contributed by atoms with van der Waals surface area (Å²) < 4.78 is 1.85. The Morgan fingerprint density at radius 1 is 0.515 bits per heavy atom. The molecule has 0 aliphatic heterocycles. The van der Waals surface area contributed by atoms with E-state index in [4.69, 9.17) is 9.97 Å². The molecule has 0 aliphatic carbocycles. The molecule has 3 nitrogen and oxygen atoms in total. The first kappa shape index (κ1) is 20.3. The average Bonchev–Trinajstić information content (AvgIpc) is 2.87. The minimum Gasteiger partial charge on any atom is -0.310 e. The number of halogens is 2. The molecule has 0 spiro atoms. The molecule has 1 heterocycles. The van der Waals surface area contributed by atoms with Crippen molar-refractivity contribution < 1.29 is 0 Å². The minimum atomic E-state index is 0.837. The summed E-state index contributed by atoms with van der Waals surface area (Å²) in [7, 11) is 0. The molecule has 0 aliphatic rings. The molecule has 5 aromatic carbocycles. The summed E-state index contributed by atoms with van der Waals surface area (Å²) in [6.07, 6.45) is 0. The van der Waals surface area contributed by atoms with Gasteiger partial charge in [-0.05, 0) is 74.3 Å². The third-order valence-electron chi connectivity index (χ3n) is 5.75. The van der Waals surface area contributed by atoms with Crippen LogP contribution in [0.2, 0.25) is 0 Å². The van der Waals surface area contributed by atoms with Crippen LogP contribution in [0.1, 0.15) is 0 Å². The Labute approximate surface area is 208 Å². The molecule has 6 rings (SSSR count). The van der Waals surface area contributed by atoms with Crippen molar-refractivity contribution in [2.24, 2.45) is 0 Å². The summed E-state index contributed by atoms with van der Waals surface area (Å²) >= 11 is 7.30. The summed E-state index contributed by atoms with van der Waals surface area (Å²) in [4.78, 5) is 12.4. The zero-order valence-electron chi connectivity index (χ0n) is 17.4. The summed E-state index contributed by atoms with van der Waals surface area (Å²) in [5.41, 5.74) is 6.67. The highest BCUT2D eigenvalue weighted by molar-refractivity contribution is 9.11. The fourth-order valence-corrected chi connectivity index (χ4v) is 5.09. The molecule has 0 saturated carbocycles. The molecule has 1 aromatic heterocycles. The van der Waals surface area contributed by atoms with Crippen molar-refractivity contribution in [3.8, 4) is 0 Å². The molecule has 33 heavy (non-hydrogen) atoms. The van der Waals surface area contributed by atoms with E-state index in [1.54, 1.807) is 0 Å². The predicted octanol–water partition coefficient (Wildman–Crippen LogP) is 8.93. The maximum Gasteiger partial charge on any atom is 0.105 e. The lowest BCUT2D eigenvalue weighted by atomic mass is 10.0. The van der Waals surface area contributed by atoms with E-state index in [1.165, 1.54) is 0 Å². The third-order valence-corrected chi connectivity index (χ3v) is 7.03. The van der Waals surface area contributed by atoms with Crippen LogP contribution in [0.4, 0.5) is 17.1 Å². The van der Waals surface area contributed by atoms with Crippen LogP contribution < -0.4 is 4.90 Å². The highest BCUT2D eigenvalue weighted by Gasteiger charge is 2.19. The van der Waals surface area contributed by atoms with Gasteiger partial charge in [0, 0.05) is 31.1 Å². The van der Waals surface area contributed by atoms with Gasteiger partial charge in [-0.15, -0.1) is 0 Å². The van der Waals surface area contributed by atoms with Gasteiger partial charge in [0.05, 0.1) is 16.7 Å². The fourth-order valence-electron chi connectivity index (χ4n) is 4.27. The van der Waals surface area contributed by atoms with E-state index in [1.807, 2.05) is 24.3 Å². The third kappa shape index (κ3) is 3.48. The first-order chi connectivity index (χ1) is 16.2. The van der Waals surface area contributed by atoms with Gasteiger partial charge in [-0.3, -0.25) is 0 Å². The average molecular weight is 555 g/mol. The first-order valence-corrected chi connectivity index (χ1v) is 12.2. The van der Waals surface area contributed by atoms with Crippen molar-refractivity contribution in [1.29, 1.82) is 0 Å². The van der Waals surface area contributed by atoms with Gasteiger partial charge >= 0.3 is 0 Å². The quantitative estimate of drug-likeness (QED) is 0.161. The zero-order valence-corrected chi connectivity index (χ0v) is 20.6. The molecule has 0 radical (unpaired) electrons. The van der Waals surface area contributed by atoms with E-state index in [9.17, 15) is 0 Å². The van der Waals surface area contributed by atoms with Crippen LogP contribution >= 0.6 is 31.9 Å². The van der Waals surface area contributed by atoms with Crippen molar-refractivity contribution in [3.63, 3.8) is 0 Å². The largest absolute Gasteiger partial charge is 0.310 e. The number of nitrogens with zero attached hydrogens (tertiary/aromatic N) is 3. The van der Waals surface area contributed by atoms with Gasteiger partial charge in [0.2, 0.25) is 0 Å². The van der Waals surface area contributed by atoms with Crippen molar-refractivity contribution in [3.05, 3.63) is 112 Å². The molecular formula is C28H17Br2N3. The number of rotatable bonds is 3. The van der Waals surface area contributed by atoms with Gasteiger partial charge < -0.3 is 4.90 Å². The minimum absolute atomic E-state index is 0.837. The van der Waals surface area contributed by atoms with Gasteiger partial charge in [-0.2, -0.15) is 0 Å². The Kier molecular flexibility index (Phi) is 5.08. The number of fused-ring (bicyclic) bond motifs is 4. The summed E-state index contributed by atoms with van der Waals surface area (Å²) in [5.74, 6) is 0. The Morgan fingerprint density at radius 3 is 1.64 bits per heavy atom. The van der Waals surface area contributed by atoms with Crippen LogP contribution in [0, 0.1) is 0 Å². The van der Waals surface area contributed by atoms with E-state index < -0.39 is 0 Å². The second kappa shape index (κ2) is 8.25. The van der Waals surface area contributed by atoms with E-state index in [-0.39, 0.29) is 0 Å². The maximum absolute atomic E-state index is 5.05. The standard InChI is InChI=1S/C28H17Br2N3/c29-22-15-16-23(30)28-27(22)31-24-17-25(20-13-7-8-14-21(20)26(24)32-28)33(18-9-3-1-4-10-18)19-11-5-2-6-12-19/h1-17H. The van der Waals surface area contributed by atoms with Gasteiger partial charge in [0.15, 0.2) is 0 Å². The SMILES string of the molecule is Brc1ccc(Br)c2nc3c(cc(N(c4ccccc4)c4ccccc4)c4ccccc43)nc12. The Bertz CT molecular complexity index is 1590. The Morgan fingerprint density at radius 2 is 1.03 bits per heavy atom. The van der Waals surface area contributed by atoms with Crippen LogP contribution in [0.5, 0.6) is 0 Å². The number of para-hydroxylation sites is 2. The normalized spacial score (nSPS) is 11.3. The molecule has 158 valence electrons. The van der Waals surface area contributed by atoms with Gasteiger partial charge in [0.25, 0.3) is 0 Å². The molecule has 0 N–H and O–H groups in total. The van der Waals surface area contributed by atoms with Crippen molar-refractivity contribution in [2.75, 3.05) is 4.90 Å². The molecule has 6 aromatic rings. The molecule has 0 atom stereocenters. The number of anilines is 3. The van der Waals surface area contributed by atoms with Crippen molar-refractivity contribution >= 4 is 81.8 Å². The van der Waals surface area contributed by atoms with Gasteiger partial charge in [-0.25, -0.2) is 9.97 Å². The van der Waals surface area contributed by atoms with Crippen LogP contribution in [-0.2, 0) is 0 Å². The van der Waals surface area contributed by atoms with Crippen molar-refractivity contribution in [1.82, 2.24) is 9.97 Å². The lowest BCUT2D eigenvalue weighted by Gasteiger charge is -2.27. The Hall–Kier alpha value is -3.28.